The summed E-state index contributed by atoms with van der Waals surface area (Å²) in [6, 6.07) is 13.6. The molecule has 6 nitrogen and oxygen atoms in total. The zero-order chi connectivity index (χ0) is 18.7. The number of nitrogens with zero attached hydrogens (tertiary/aromatic N) is 1. The molecule has 0 aromatic heterocycles. The largest absolute Gasteiger partial charge is 0.356 e. The van der Waals surface area contributed by atoms with Gasteiger partial charge in [0, 0.05) is 31.2 Å². The minimum absolute atomic E-state index is 0.0407. The van der Waals surface area contributed by atoms with Gasteiger partial charge in [-0.1, -0.05) is 36.4 Å². The molecule has 0 spiro atoms. The second-order valence-corrected chi connectivity index (χ2v) is 8.94. The smallest absolute Gasteiger partial charge is 0.227 e. The fraction of sp³-hybridized carbons (Fsp3) is 0.368. The summed E-state index contributed by atoms with van der Waals surface area (Å²) in [5.41, 5.74) is 0.820. The van der Waals surface area contributed by atoms with Crippen LogP contribution in [0.3, 0.4) is 0 Å². The van der Waals surface area contributed by atoms with E-state index in [1.54, 1.807) is 4.90 Å². The van der Waals surface area contributed by atoms with Crippen molar-refractivity contribution in [1.29, 1.82) is 0 Å². The van der Waals surface area contributed by atoms with E-state index in [0.29, 0.717) is 19.5 Å². The van der Waals surface area contributed by atoms with Crippen LogP contribution in [0.4, 0.5) is 5.69 Å². The Morgan fingerprint density at radius 2 is 1.92 bits per heavy atom. The van der Waals surface area contributed by atoms with Crippen molar-refractivity contribution in [3.8, 4) is 0 Å². The Balaban J connectivity index is 1.66. The molecule has 0 aliphatic carbocycles. The minimum Gasteiger partial charge on any atom is -0.356 e. The highest BCUT2D eigenvalue weighted by Crippen LogP contribution is 2.31. The molecule has 1 heterocycles. The van der Waals surface area contributed by atoms with Crippen LogP contribution in [-0.4, -0.2) is 45.3 Å². The minimum atomic E-state index is -3.03. The van der Waals surface area contributed by atoms with Gasteiger partial charge in [0.25, 0.3) is 0 Å². The third-order valence-electron chi connectivity index (χ3n) is 4.54. The van der Waals surface area contributed by atoms with E-state index in [1.807, 2.05) is 42.5 Å². The van der Waals surface area contributed by atoms with Crippen molar-refractivity contribution >= 4 is 38.1 Å². The van der Waals surface area contributed by atoms with Gasteiger partial charge >= 0.3 is 0 Å². The first-order chi connectivity index (χ1) is 12.3. The molecule has 1 unspecified atom stereocenters. The van der Waals surface area contributed by atoms with Crippen molar-refractivity contribution in [3.63, 3.8) is 0 Å². The van der Waals surface area contributed by atoms with Crippen molar-refractivity contribution in [2.24, 2.45) is 5.92 Å². The Hall–Kier alpha value is -2.41. The number of sulfone groups is 1. The van der Waals surface area contributed by atoms with E-state index in [2.05, 4.69) is 5.32 Å². The number of hydrogen-bond acceptors (Lipinski definition) is 4. The Bertz CT molecular complexity index is 934. The average Bonchev–Trinajstić information content (AvgIpc) is 2.99. The molecule has 2 aromatic rings. The number of nitrogens with one attached hydrogen (secondary N) is 1. The van der Waals surface area contributed by atoms with Crippen LogP contribution in [-0.2, 0) is 19.4 Å². The molecule has 1 aliphatic rings. The molecule has 1 fully saturated rings. The van der Waals surface area contributed by atoms with E-state index in [9.17, 15) is 18.0 Å². The fourth-order valence-corrected chi connectivity index (χ4v) is 3.92. The second-order valence-electron chi connectivity index (χ2n) is 6.68. The van der Waals surface area contributed by atoms with Gasteiger partial charge in [-0.05, 0) is 17.9 Å². The molecule has 26 heavy (non-hydrogen) atoms. The van der Waals surface area contributed by atoms with Crippen LogP contribution in [0.1, 0.15) is 12.8 Å². The monoisotopic (exact) mass is 374 g/mol. The number of carbonyl (C=O) groups excluding carboxylic acids is 2. The lowest BCUT2D eigenvalue weighted by Gasteiger charge is -2.19. The number of anilines is 1. The predicted molar refractivity (Wildman–Crippen MR) is 102 cm³/mol. The third kappa shape index (κ3) is 4.22. The maximum Gasteiger partial charge on any atom is 0.227 e. The van der Waals surface area contributed by atoms with Crippen LogP contribution < -0.4 is 10.2 Å². The summed E-state index contributed by atoms with van der Waals surface area (Å²) < 4.78 is 22.2. The quantitative estimate of drug-likeness (QED) is 0.781. The molecule has 3 rings (SSSR count). The summed E-state index contributed by atoms with van der Waals surface area (Å²) >= 11 is 0. The lowest BCUT2D eigenvalue weighted by Crippen LogP contribution is -2.34. The van der Waals surface area contributed by atoms with E-state index in [0.717, 1.165) is 16.5 Å². The zero-order valence-electron chi connectivity index (χ0n) is 14.6. The molecular weight excluding hydrogens is 352 g/mol. The summed E-state index contributed by atoms with van der Waals surface area (Å²) in [6.45, 7) is 0.635. The van der Waals surface area contributed by atoms with Gasteiger partial charge in [0.05, 0.1) is 17.4 Å². The standard InChI is InChI=1S/C19H22N2O4S/c1-26(24,25)11-5-10-20-19(23)15-12-18(22)21(13-15)17-9-4-7-14-6-2-3-8-16(14)17/h2-4,6-9,15H,5,10-13H2,1H3,(H,20,23). The highest BCUT2D eigenvalue weighted by molar-refractivity contribution is 7.90. The summed E-state index contributed by atoms with van der Waals surface area (Å²) in [5, 5.41) is 4.78. The van der Waals surface area contributed by atoms with Crippen molar-refractivity contribution in [3.05, 3.63) is 42.5 Å². The van der Waals surface area contributed by atoms with Gasteiger partial charge in [-0.15, -0.1) is 0 Å². The second kappa shape index (κ2) is 7.45. The van der Waals surface area contributed by atoms with E-state index < -0.39 is 15.8 Å². The van der Waals surface area contributed by atoms with Gasteiger partial charge in [0.1, 0.15) is 9.84 Å². The molecule has 7 heteroatoms. The highest BCUT2D eigenvalue weighted by Gasteiger charge is 2.35. The van der Waals surface area contributed by atoms with Gasteiger partial charge in [-0.3, -0.25) is 9.59 Å². The maximum absolute atomic E-state index is 12.5. The zero-order valence-corrected chi connectivity index (χ0v) is 15.5. The lowest BCUT2D eigenvalue weighted by atomic mass is 10.1. The van der Waals surface area contributed by atoms with Crippen molar-refractivity contribution in [1.82, 2.24) is 5.32 Å². The molecule has 138 valence electrons. The van der Waals surface area contributed by atoms with E-state index in [-0.39, 0.29) is 24.0 Å². The molecule has 1 atom stereocenters. The summed E-state index contributed by atoms with van der Waals surface area (Å²) in [6.07, 6.45) is 1.71. The molecule has 1 saturated heterocycles. The predicted octanol–water partition coefficient (Wildman–Crippen LogP) is 1.74. The molecular formula is C19H22N2O4S. The van der Waals surface area contributed by atoms with Crippen LogP contribution in [0, 0.1) is 5.92 Å². The number of rotatable bonds is 6. The normalized spacial score (nSPS) is 17.7. The third-order valence-corrected chi connectivity index (χ3v) is 5.57. The molecule has 0 saturated carbocycles. The van der Waals surface area contributed by atoms with Gasteiger partial charge in [0.15, 0.2) is 0 Å². The summed E-state index contributed by atoms with van der Waals surface area (Å²) in [4.78, 5) is 26.4. The van der Waals surface area contributed by atoms with E-state index in [1.165, 1.54) is 6.26 Å². The number of carbonyl (C=O) groups is 2. The van der Waals surface area contributed by atoms with Crippen LogP contribution in [0.25, 0.3) is 10.8 Å². The molecule has 1 aliphatic heterocycles. The average molecular weight is 374 g/mol. The van der Waals surface area contributed by atoms with Crippen LogP contribution in [0.2, 0.25) is 0 Å². The van der Waals surface area contributed by atoms with Crippen molar-refractivity contribution < 1.29 is 18.0 Å². The van der Waals surface area contributed by atoms with E-state index >= 15 is 0 Å². The van der Waals surface area contributed by atoms with Gasteiger partial charge in [-0.25, -0.2) is 8.42 Å². The SMILES string of the molecule is CS(=O)(=O)CCCNC(=O)C1CC(=O)N(c2cccc3ccccc23)C1. The van der Waals surface area contributed by atoms with Gasteiger partial charge in [0.2, 0.25) is 11.8 Å². The fourth-order valence-electron chi connectivity index (χ4n) is 3.25. The topological polar surface area (TPSA) is 83.5 Å². The van der Waals surface area contributed by atoms with Gasteiger partial charge in [-0.2, -0.15) is 0 Å². The van der Waals surface area contributed by atoms with Crippen LogP contribution in [0.15, 0.2) is 42.5 Å². The van der Waals surface area contributed by atoms with Crippen LogP contribution >= 0.6 is 0 Å². The van der Waals surface area contributed by atoms with Crippen molar-refractivity contribution in [2.75, 3.05) is 30.0 Å². The first-order valence-corrected chi connectivity index (χ1v) is 10.6. The number of fused-ring (bicyclic) bond motifs is 1. The first kappa shape index (κ1) is 18.4. The Morgan fingerprint density at radius 3 is 2.69 bits per heavy atom. The molecule has 2 aromatic carbocycles. The molecule has 1 N–H and O–H groups in total. The molecule has 0 bridgehead atoms. The highest BCUT2D eigenvalue weighted by atomic mass is 32.2. The van der Waals surface area contributed by atoms with E-state index in [4.69, 9.17) is 0 Å². The summed E-state index contributed by atoms with van der Waals surface area (Å²) in [5.74, 6) is -0.647. The summed E-state index contributed by atoms with van der Waals surface area (Å²) in [7, 11) is -3.03. The number of benzene rings is 2. The number of hydrogen-bond donors (Lipinski definition) is 1. The number of amides is 2. The molecule has 0 radical (unpaired) electrons. The maximum atomic E-state index is 12.5. The Morgan fingerprint density at radius 1 is 1.19 bits per heavy atom. The Kier molecular flexibility index (Phi) is 5.27. The Labute approximate surface area is 153 Å². The molecule has 2 amide bonds. The van der Waals surface area contributed by atoms with Gasteiger partial charge < -0.3 is 10.2 Å². The van der Waals surface area contributed by atoms with Crippen LogP contribution in [0.5, 0.6) is 0 Å². The lowest BCUT2D eigenvalue weighted by molar-refractivity contribution is -0.126. The first-order valence-electron chi connectivity index (χ1n) is 8.59. The van der Waals surface area contributed by atoms with Crippen molar-refractivity contribution in [2.45, 2.75) is 12.8 Å².